The molecule has 0 unspecified atom stereocenters. The van der Waals surface area contributed by atoms with Crippen LogP contribution in [0.15, 0.2) is 30.3 Å². The zero-order valence-electron chi connectivity index (χ0n) is 17.0. The minimum atomic E-state index is -0.461. The summed E-state index contributed by atoms with van der Waals surface area (Å²) in [6, 6.07) is 10.7. The number of rotatable bonds is 2. The lowest BCUT2D eigenvalue weighted by Crippen LogP contribution is -2.69. The third kappa shape index (κ3) is 4.06. The molecule has 1 aliphatic carbocycles. The maximum atomic E-state index is 12.9. The van der Waals surface area contributed by atoms with Crippen molar-refractivity contribution in [3.8, 4) is 0 Å². The highest BCUT2D eigenvalue weighted by Gasteiger charge is 2.51. The predicted molar refractivity (Wildman–Crippen MR) is 105 cm³/mol. The van der Waals surface area contributed by atoms with Gasteiger partial charge in [0.05, 0.1) is 5.54 Å². The fourth-order valence-corrected chi connectivity index (χ4v) is 4.49. The zero-order chi connectivity index (χ0) is 19.0. The Balaban J connectivity index is 1.84. The van der Waals surface area contributed by atoms with E-state index in [1.54, 1.807) is 0 Å². The van der Waals surface area contributed by atoms with Gasteiger partial charge in [0.1, 0.15) is 5.60 Å². The molecule has 1 spiro atoms. The molecule has 1 saturated carbocycles. The minimum absolute atomic E-state index is 0.0856. The summed E-state index contributed by atoms with van der Waals surface area (Å²) in [5, 5.41) is 0. The third-order valence-corrected chi connectivity index (χ3v) is 5.80. The van der Waals surface area contributed by atoms with Crippen LogP contribution >= 0.6 is 0 Å². The Morgan fingerprint density at radius 1 is 1.08 bits per heavy atom. The standard InChI is InChI=1S/C22H34N2O2/c1-20(2,3)26-19(25)24-17-22(13-9-10-14-22)23(16-21(24,4)5)15-18-11-7-6-8-12-18/h6-8,11-12H,9-10,13-17H2,1-5H3. The normalized spacial score (nSPS) is 22.6. The first-order valence-corrected chi connectivity index (χ1v) is 9.91. The van der Waals surface area contributed by atoms with Crippen molar-refractivity contribution in [2.24, 2.45) is 0 Å². The van der Waals surface area contributed by atoms with Crippen LogP contribution in [0.2, 0.25) is 0 Å². The van der Waals surface area contributed by atoms with Crippen LogP contribution in [-0.2, 0) is 11.3 Å². The van der Waals surface area contributed by atoms with Crippen molar-refractivity contribution in [3.63, 3.8) is 0 Å². The largest absolute Gasteiger partial charge is 0.444 e. The molecular weight excluding hydrogens is 324 g/mol. The molecule has 144 valence electrons. The smallest absolute Gasteiger partial charge is 0.410 e. The van der Waals surface area contributed by atoms with Crippen molar-refractivity contribution in [1.82, 2.24) is 9.80 Å². The lowest BCUT2D eigenvalue weighted by atomic mass is 9.85. The molecule has 1 aliphatic heterocycles. The van der Waals surface area contributed by atoms with Crippen LogP contribution in [0.1, 0.15) is 65.9 Å². The quantitative estimate of drug-likeness (QED) is 0.759. The molecule has 2 aliphatic rings. The van der Waals surface area contributed by atoms with Gasteiger partial charge in [-0.2, -0.15) is 0 Å². The highest BCUT2D eigenvalue weighted by atomic mass is 16.6. The highest BCUT2D eigenvalue weighted by molar-refractivity contribution is 5.69. The van der Waals surface area contributed by atoms with Crippen LogP contribution in [0.4, 0.5) is 4.79 Å². The zero-order valence-corrected chi connectivity index (χ0v) is 17.0. The van der Waals surface area contributed by atoms with Gasteiger partial charge in [-0.25, -0.2) is 4.79 Å². The number of ether oxygens (including phenoxy) is 1. The van der Waals surface area contributed by atoms with Crippen LogP contribution in [0.5, 0.6) is 0 Å². The number of carbonyl (C=O) groups excluding carboxylic acids is 1. The fraction of sp³-hybridized carbons (Fsp3) is 0.682. The van der Waals surface area contributed by atoms with Crippen molar-refractivity contribution >= 4 is 6.09 Å². The summed E-state index contributed by atoms with van der Waals surface area (Å²) in [4.78, 5) is 17.5. The van der Waals surface area contributed by atoms with Gasteiger partial charge in [0.2, 0.25) is 0 Å². The molecule has 0 atom stereocenters. The van der Waals surface area contributed by atoms with E-state index in [1.807, 2.05) is 25.7 Å². The molecule has 26 heavy (non-hydrogen) atoms. The molecule has 4 heteroatoms. The Morgan fingerprint density at radius 3 is 2.27 bits per heavy atom. The monoisotopic (exact) mass is 358 g/mol. The molecule has 0 N–H and O–H groups in total. The Labute approximate surface area is 158 Å². The van der Waals surface area contributed by atoms with E-state index in [0.29, 0.717) is 0 Å². The van der Waals surface area contributed by atoms with E-state index in [1.165, 1.54) is 18.4 Å². The van der Waals surface area contributed by atoms with Crippen molar-refractivity contribution in [1.29, 1.82) is 0 Å². The van der Waals surface area contributed by atoms with Gasteiger partial charge in [-0.05, 0) is 53.0 Å². The van der Waals surface area contributed by atoms with Crippen molar-refractivity contribution in [2.75, 3.05) is 13.1 Å². The summed E-state index contributed by atoms with van der Waals surface area (Å²) in [5.41, 5.74) is 0.727. The number of nitrogens with zero attached hydrogens (tertiary/aromatic N) is 2. The van der Waals surface area contributed by atoms with Crippen molar-refractivity contribution < 1.29 is 9.53 Å². The predicted octanol–water partition coefficient (Wildman–Crippen LogP) is 4.83. The average Bonchev–Trinajstić information content (AvgIpc) is 2.99. The third-order valence-electron chi connectivity index (χ3n) is 5.80. The molecule has 2 fully saturated rings. The van der Waals surface area contributed by atoms with E-state index in [0.717, 1.165) is 32.5 Å². The van der Waals surface area contributed by atoms with Gasteiger partial charge in [0.15, 0.2) is 0 Å². The fourth-order valence-electron chi connectivity index (χ4n) is 4.49. The minimum Gasteiger partial charge on any atom is -0.444 e. The van der Waals surface area contributed by atoms with Gasteiger partial charge in [0, 0.05) is 25.2 Å². The van der Waals surface area contributed by atoms with Crippen LogP contribution in [0, 0.1) is 0 Å². The number of carbonyl (C=O) groups is 1. The summed E-state index contributed by atoms with van der Waals surface area (Å²) in [6.07, 6.45) is 4.64. The SMILES string of the molecule is CC(C)(C)OC(=O)N1CC2(CCCC2)N(Cc2ccccc2)CC1(C)C. The van der Waals surface area contributed by atoms with Crippen LogP contribution in [-0.4, -0.2) is 45.7 Å². The Hall–Kier alpha value is -1.55. The molecule has 0 bridgehead atoms. The summed E-state index contributed by atoms with van der Waals surface area (Å²) < 4.78 is 5.74. The Morgan fingerprint density at radius 2 is 1.69 bits per heavy atom. The summed E-state index contributed by atoms with van der Waals surface area (Å²) in [7, 11) is 0. The Bertz CT molecular complexity index is 627. The van der Waals surface area contributed by atoms with Crippen LogP contribution in [0.3, 0.4) is 0 Å². The number of piperazine rings is 1. The van der Waals surface area contributed by atoms with E-state index < -0.39 is 5.60 Å². The van der Waals surface area contributed by atoms with E-state index in [2.05, 4.69) is 49.1 Å². The van der Waals surface area contributed by atoms with Gasteiger partial charge >= 0.3 is 6.09 Å². The first kappa shape index (κ1) is 19.2. The second-order valence-corrected chi connectivity index (χ2v) is 9.65. The average molecular weight is 359 g/mol. The van der Waals surface area contributed by atoms with Crippen LogP contribution in [0.25, 0.3) is 0 Å². The van der Waals surface area contributed by atoms with Crippen molar-refractivity contribution in [3.05, 3.63) is 35.9 Å². The molecule has 1 amide bonds. The highest BCUT2D eigenvalue weighted by Crippen LogP contribution is 2.43. The molecule has 0 radical (unpaired) electrons. The summed E-state index contributed by atoms with van der Waals surface area (Å²) >= 11 is 0. The molecule has 0 aromatic heterocycles. The van der Waals surface area contributed by atoms with Gasteiger partial charge < -0.3 is 4.74 Å². The molecular formula is C22H34N2O2. The molecule has 1 heterocycles. The molecule has 1 saturated heterocycles. The molecule has 3 rings (SSSR count). The number of benzene rings is 1. The molecule has 1 aromatic carbocycles. The van der Waals surface area contributed by atoms with Gasteiger partial charge in [-0.15, -0.1) is 0 Å². The number of amides is 1. The van der Waals surface area contributed by atoms with Crippen molar-refractivity contribution in [2.45, 2.75) is 83.5 Å². The topological polar surface area (TPSA) is 32.8 Å². The molecule has 4 nitrogen and oxygen atoms in total. The van der Waals surface area contributed by atoms with Crippen LogP contribution < -0.4 is 0 Å². The van der Waals surface area contributed by atoms with Gasteiger partial charge in [0.25, 0.3) is 0 Å². The van der Waals surface area contributed by atoms with Gasteiger partial charge in [-0.3, -0.25) is 9.80 Å². The second-order valence-electron chi connectivity index (χ2n) is 9.65. The first-order valence-electron chi connectivity index (χ1n) is 9.91. The van der Waals surface area contributed by atoms with E-state index in [4.69, 9.17) is 4.74 Å². The summed E-state index contributed by atoms with van der Waals surface area (Å²) in [5.74, 6) is 0. The number of hydrogen-bond acceptors (Lipinski definition) is 3. The lowest BCUT2D eigenvalue weighted by Gasteiger charge is -2.56. The van der Waals surface area contributed by atoms with E-state index in [9.17, 15) is 4.79 Å². The van der Waals surface area contributed by atoms with Gasteiger partial charge in [-0.1, -0.05) is 43.2 Å². The first-order chi connectivity index (χ1) is 12.1. The van der Waals surface area contributed by atoms with E-state index in [-0.39, 0.29) is 17.2 Å². The second kappa shape index (κ2) is 6.88. The van der Waals surface area contributed by atoms with E-state index >= 15 is 0 Å². The Kier molecular flexibility index (Phi) is 5.08. The summed E-state index contributed by atoms with van der Waals surface area (Å²) in [6.45, 7) is 12.7. The molecule has 1 aromatic rings. The maximum Gasteiger partial charge on any atom is 0.410 e. The lowest BCUT2D eigenvalue weighted by molar-refractivity contribution is -0.0782. The maximum absolute atomic E-state index is 12.9. The number of hydrogen-bond donors (Lipinski definition) is 0.